The van der Waals surface area contributed by atoms with E-state index >= 15 is 0 Å². The molecule has 0 fully saturated rings. The minimum absolute atomic E-state index is 0.210. The van der Waals surface area contributed by atoms with Crippen molar-refractivity contribution in [2.24, 2.45) is 0 Å². The summed E-state index contributed by atoms with van der Waals surface area (Å²) in [4.78, 5) is 0. The lowest BCUT2D eigenvalue weighted by Gasteiger charge is -2.23. The molecule has 21 heavy (non-hydrogen) atoms. The van der Waals surface area contributed by atoms with E-state index in [-0.39, 0.29) is 16.7 Å². The summed E-state index contributed by atoms with van der Waals surface area (Å²) in [7, 11) is -3.66. The molecule has 0 aromatic carbocycles. The number of thiophene rings is 1. The predicted molar refractivity (Wildman–Crippen MR) is 85.0 cm³/mol. The Labute approximate surface area is 136 Å². The minimum atomic E-state index is -3.66. The Balaban J connectivity index is 2.22. The molecule has 0 bridgehead atoms. The third-order valence-corrected chi connectivity index (χ3v) is 6.76. The lowest BCUT2D eigenvalue weighted by molar-refractivity contribution is 0.227. The Bertz CT molecular complexity index is 666. The zero-order valence-corrected chi connectivity index (χ0v) is 14.5. The van der Waals surface area contributed by atoms with Crippen molar-refractivity contribution in [2.45, 2.75) is 29.5 Å². The average Bonchev–Trinajstić information content (AvgIpc) is 3.10. The summed E-state index contributed by atoms with van der Waals surface area (Å²) in [6, 6.07) is 6.10. The molecule has 0 aliphatic rings. The lowest BCUT2D eigenvalue weighted by Crippen LogP contribution is -2.41. The smallest absolute Gasteiger partial charge is 0.250 e. The summed E-state index contributed by atoms with van der Waals surface area (Å²) < 4.78 is 33.5. The fourth-order valence-electron chi connectivity index (χ4n) is 2.13. The molecular weight excluding hydrogens is 378 g/mol. The number of sulfonamides is 1. The molecule has 5 nitrogen and oxygen atoms in total. The van der Waals surface area contributed by atoms with Crippen molar-refractivity contribution in [1.82, 2.24) is 4.72 Å². The maximum Gasteiger partial charge on any atom is 0.250 e. The van der Waals surface area contributed by atoms with E-state index in [9.17, 15) is 13.5 Å². The van der Waals surface area contributed by atoms with Gasteiger partial charge in [0.05, 0.1) is 22.7 Å². The number of hydrogen-bond acceptors (Lipinski definition) is 5. The lowest BCUT2D eigenvalue weighted by atomic mass is 9.95. The second-order valence-corrected chi connectivity index (χ2v) is 8.90. The number of rotatable bonds is 7. The third kappa shape index (κ3) is 3.95. The van der Waals surface area contributed by atoms with Crippen LogP contribution in [0.1, 0.15) is 25.0 Å². The molecule has 2 aromatic rings. The molecule has 2 rings (SSSR count). The fraction of sp³-hybridized carbons (Fsp3) is 0.385. The summed E-state index contributed by atoms with van der Waals surface area (Å²) in [5, 5.41) is 9.57. The number of aliphatic hydroxyl groups is 1. The van der Waals surface area contributed by atoms with E-state index in [1.165, 1.54) is 12.3 Å². The normalized spacial score (nSPS) is 15.0. The predicted octanol–water partition coefficient (Wildman–Crippen LogP) is 2.94. The van der Waals surface area contributed by atoms with Gasteiger partial charge in [0.1, 0.15) is 9.97 Å². The topological polar surface area (TPSA) is 79.5 Å². The Morgan fingerprint density at radius 1 is 1.43 bits per heavy atom. The Kier molecular flexibility index (Phi) is 5.61. The molecule has 0 amide bonds. The second kappa shape index (κ2) is 7.06. The highest BCUT2D eigenvalue weighted by Crippen LogP contribution is 2.28. The molecule has 2 N–H and O–H groups in total. The van der Waals surface area contributed by atoms with Crippen molar-refractivity contribution >= 4 is 37.3 Å². The summed E-state index contributed by atoms with van der Waals surface area (Å²) in [6.07, 6.45) is 2.19. The average molecular weight is 394 g/mol. The number of aliphatic hydroxyl groups excluding tert-OH is 1. The second-order valence-electron chi connectivity index (χ2n) is 4.50. The van der Waals surface area contributed by atoms with Crippen LogP contribution in [0.5, 0.6) is 0 Å². The van der Waals surface area contributed by atoms with Crippen LogP contribution in [0.2, 0.25) is 0 Å². The van der Waals surface area contributed by atoms with Gasteiger partial charge in [0.2, 0.25) is 10.0 Å². The molecule has 2 atom stereocenters. The summed E-state index contributed by atoms with van der Waals surface area (Å²) in [5.41, 5.74) is 0. The SMILES string of the molecule is CC[C@@H](c1ccco1)[C@@H](CO)NS(=O)(=O)c1ccc(Br)s1. The van der Waals surface area contributed by atoms with Crippen molar-refractivity contribution in [1.29, 1.82) is 0 Å². The van der Waals surface area contributed by atoms with Gasteiger partial charge in [-0.15, -0.1) is 11.3 Å². The molecule has 0 radical (unpaired) electrons. The van der Waals surface area contributed by atoms with E-state index in [2.05, 4.69) is 20.7 Å². The van der Waals surface area contributed by atoms with E-state index in [4.69, 9.17) is 4.42 Å². The van der Waals surface area contributed by atoms with E-state index < -0.39 is 16.1 Å². The fourth-order valence-corrected chi connectivity index (χ4v) is 5.43. The largest absolute Gasteiger partial charge is 0.469 e. The van der Waals surface area contributed by atoms with Crippen molar-refractivity contribution in [3.05, 3.63) is 40.1 Å². The van der Waals surface area contributed by atoms with Crippen LogP contribution in [0.4, 0.5) is 0 Å². The standard InChI is InChI=1S/C13H16BrNO4S2/c1-2-9(11-4-3-7-19-11)10(8-16)15-21(17,18)13-6-5-12(14)20-13/h3-7,9-10,15-16H,2,8H2,1H3/t9-,10-/m1/s1. The van der Waals surface area contributed by atoms with Crippen molar-refractivity contribution in [3.63, 3.8) is 0 Å². The van der Waals surface area contributed by atoms with Gasteiger partial charge in [0.15, 0.2) is 0 Å². The Morgan fingerprint density at radius 3 is 2.67 bits per heavy atom. The van der Waals surface area contributed by atoms with Gasteiger partial charge in [0.25, 0.3) is 0 Å². The zero-order chi connectivity index (χ0) is 15.5. The van der Waals surface area contributed by atoms with E-state index in [1.54, 1.807) is 18.2 Å². The molecule has 0 spiro atoms. The van der Waals surface area contributed by atoms with Crippen LogP contribution in [-0.4, -0.2) is 26.2 Å². The molecule has 8 heteroatoms. The number of halogens is 1. The first-order valence-corrected chi connectivity index (χ1v) is 9.49. The van der Waals surface area contributed by atoms with Crippen molar-refractivity contribution in [3.8, 4) is 0 Å². The van der Waals surface area contributed by atoms with E-state index in [0.29, 0.717) is 12.2 Å². The highest BCUT2D eigenvalue weighted by atomic mass is 79.9. The minimum Gasteiger partial charge on any atom is -0.469 e. The van der Waals surface area contributed by atoms with Crippen LogP contribution < -0.4 is 4.72 Å². The summed E-state index contributed by atoms with van der Waals surface area (Å²) >= 11 is 4.37. The number of nitrogens with one attached hydrogen (secondary N) is 1. The monoisotopic (exact) mass is 393 g/mol. The molecule has 0 unspecified atom stereocenters. The molecule has 116 valence electrons. The van der Waals surface area contributed by atoms with Gasteiger partial charge < -0.3 is 9.52 Å². The Hall–Kier alpha value is -0.670. The van der Waals surface area contributed by atoms with Gasteiger partial charge in [0, 0.05) is 5.92 Å². The van der Waals surface area contributed by atoms with Crippen LogP contribution >= 0.6 is 27.3 Å². The number of furan rings is 1. The van der Waals surface area contributed by atoms with Gasteiger partial charge in [-0.1, -0.05) is 6.92 Å². The number of hydrogen-bond donors (Lipinski definition) is 2. The van der Waals surface area contributed by atoms with Crippen molar-refractivity contribution in [2.75, 3.05) is 6.61 Å². The first-order chi connectivity index (χ1) is 9.97. The summed E-state index contributed by atoms with van der Waals surface area (Å²) in [6.45, 7) is 1.62. The van der Waals surface area contributed by atoms with Gasteiger partial charge in [-0.05, 0) is 46.6 Å². The molecule has 2 aromatic heterocycles. The van der Waals surface area contributed by atoms with E-state index in [1.807, 2.05) is 6.92 Å². The molecule has 0 aliphatic heterocycles. The third-order valence-electron chi connectivity index (χ3n) is 3.15. The first-order valence-electron chi connectivity index (χ1n) is 6.40. The maximum atomic E-state index is 12.3. The van der Waals surface area contributed by atoms with Crippen LogP contribution in [0.3, 0.4) is 0 Å². The van der Waals surface area contributed by atoms with Gasteiger partial charge >= 0.3 is 0 Å². The highest BCUT2D eigenvalue weighted by molar-refractivity contribution is 9.11. The van der Waals surface area contributed by atoms with Gasteiger partial charge in [-0.25, -0.2) is 13.1 Å². The molecule has 0 saturated heterocycles. The van der Waals surface area contributed by atoms with E-state index in [0.717, 1.165) is 15.1 Å². The van der Waals surface area contributed by atoms with Crippen LogP contribution in [0.25, 0.3) is 0 Å². The quantitative estimate of drug-likeness (QED) is 0.757. The maximum absolute atomic E-state index is 12.3. The van der Waals surface area contributed by atoms with Crippen LogP contribution in [0, 0.1) is 0 Å². The van der Waals surface area contributed by atoms with Gasteiger partial charge in [-0.2, -0.15) is 0 Å². The first kappa shape index (κ1) is 16.7. The van der Waals surface area contributed by atoms with Crippen molar-refractivity contribution < 1.29 is 17.9 Å². The molecule has 2 heterocycles. The molecule has 0 saturated carbocycles. The molecule has 0 aliphatic carbocycles. The van der Waals surface area contributed by atoms with Crippen LogP contribution in [0.15, 0.2) is 42.9 Å². The molecular formula is C13H16BrNO4S2. The van der Waals surface area contributed by atoms with Crippen LogP contribution in [-0.2, 0) is 10.0 Å². The Morgan fingerprint density at radius 2 is 2.19 bits per heavy atom. The van der Waals surface area contributed by atoms with Gasteiger partial charge in [-0.3, -0.25) is 0 Å². The summed E-state index contributed by atoms with van der Waals surface area (Å²) in [5.74, 6) is 0.440. The highest BCUT2D eigenvalue weighted by Gasteiger charge is 2.29. The zero-order valence-electron chi connectivity index (χ0n) is 11.3.